The fraction of sp³-hybridized carbons (Fsp3) is 0.821. The molecule has 194 valence electrons. The van der Waals surface area contributed by atoms with E-state index in [9.17, 15) is 14.7 Å². The number of carbonyl (C=O) groups excluding carboxylic acids is 2. The first kappa shape index (κ1) is 25.3. The fourth-order valence-corrected chi connectivity index (χ4v) is 10.5. The van der Waals surface area contributed by atoms with E-state index in [1.54, 1.807) is 11.8 Å². The van der Waals surface area contributed by atoms with Crippen molar-refractivity contribution in [2.45, 2.75) is 96.5 Å². The van der Waals surface area contributed by atoms with Crippen LogP contribution < -0.4 is 0 Å². The van der Waals surface area contributed by atoms with Gasteiger partial charge in [-0.15, -0.1) is 18.3 Å². The monoisotopic (exact) mass is 503 g/mol. The summed E-state index contributed by atoms with van der Waals surface area (Å²) in [6, 6.07) is 0. The van der Waals surface area contributed by atoms with E-state index in [1.165, 1.54) is 0 Å². The number of esters is 1. The number of thioether (sulfide) groups is 1. The molecule has 0 aliphatic heterocycles. The summed E-state index contributed by atoms with van der Waals surface area (Å²) in [6.45, 7) is 12.7. The van der Waals surface area contributed by atoms with Crippen molar-refractivity contribution in [3.8, 4) is 0 Å². The highest BCUT2D eigenvalue weighted by molar-refractivity contribution is 8.00. The summed E-state index contributed by atoms with van der Waals surface area (Å²) in [5.74, 6) is 0.793. The van der Waals surface area contributed by atoms with Crippen molar-refractivity contribution in [1.82, 2.24) is 0 Å². The lowest BCUT2D eigenvalue weighted by molar-refractivity contribution is -0.168. The Balaban J connectivity index is 1.42. The molecule has 5 aliphatic carbocycles. The third-order valence-corrected chi connectivity index (χ3v) is 12.7. The molecule has 0 aromatic carbocycles. The molecule has 5 aliphatic rings. The van der Waals surface area contributed by atoms with Gasteiger partial charge in [0.1, 0.15) is 11.9 Å². The molecular formula is C28H41NO5S. The number of ether oxygens (including phenoxy) is 1. The molecule has 0 aromatic rings. The normalized spacial score (nSPS) is 51.8. The first-order valence-corrected chi connectivity index (χ1v) is 14.4. The Labute approximate surface area is 213 Å². The molecule has 5 fully saturated rings. The molecule has 5 saturated carbocycles. The molecule has 0 radical (unpaired) electrons. The molecule has 0 saturated heterocycles. The van der Waals surface area contributed by atoms with Crippen molar-refractivity contribution >= 4 is 29.2 Å². The molecule has 0 bridgehead atoms. The van der Waals surface area contributed by atoms with Crippen LogP contribution in [0.3, 0.4) is 0 Å². The third kappa shape index (κ3) is 3.22. The van der Waals surface area contributed by atoms with Crippen LogP contribution in [0.5, 0.6) is 0 Å². The lowest BCUT2D eigenvalue weighted by Crippen LogP contribution is -2.53. The molecule has 6 nitrogen and oxygen atoms in total. The molecule has 7 heteroatoms. The number of rotatable bonds is 5. The molecule has 2 spiro atoms. The molecule has 6 unspecified atom stereocenters. The summed E-state index contributed by atoms with van der Waals surface area (Å²) in [7, 11) is 0. The standard InChI is InChI=1S/C28H41NO5S/c1-6-25(4)14-21(34-22(31)15-35-19-9-7-8-18(12-19)29-33)26(5)16(2)13-28-20(30)10-11-27(28,24(26)28)17(3)23(25)32/h6,16-17,19,21,23-24,32-33H,1,7-15H2,2-5H3/b29-18-/t16?,17-,19?,21+,23?,24?,25+,26-,27?,28?/m0/s1. The number of hydrogen-bond donors (Lipinski definition) is 2. The molecule has 0 amide bonds. The predicted octanol–water partition coefficient (Wildman–Crippen LogP) is 5.01. The predicted molar refractivity (Wildman–Crippen MR) is 136 cm³/mol. The van der Waals surface area contributed by atoms with Gasteiger partial charge in [-0.2, -0.15) is 0 Å². The van der Waals surface area contributed by atoms with Crippen molar-refractivity contribution < 1.29 is 24.6 Å². The van der Waals surface area contributed by atoms with Crippen LogP contribution in [0.15, 0.2) is 17.8 Å². The van der Waals surface area contributed by atoms with E-state index in [0.717, 1.165) is 37.8 Å². The van der Waals surface area contributed by atoms with Crippen molar-refractivity contribution in [3.63, 3.8) is 0 Å². The molecule has 5 rings (SSSR count). The summed E-state index contributed by atoms with van der Waals surface area (Å²) in [5, 5.41) is 24.4. The van der Waals surface area contributed by atoms with Crippen LogP contribution >= 0.6 is 11.8 Å². The van der Waals surface area contributed by atoms with Crippen LogP contribution in [0.1, 0.15) is 79.1 Å². The van der Waals surface area contributed by atoms with Gasteiger partial charge in [-0.05, 0) is 61.7 Å². The third-order valence-electron chi connectivity index (χ3n) is 11.4. The van der Waals surface area contributed by atoms with Gasteiger partial charge in [0.25, 0.3) is 0 Å². The van der Waals surface area contributed by atoms with E-state index in [4.69, 9.17) is 9.94 Å². The maximum absolute atomic E-state index is 13.4. The average Bonchev–Trinajstić information content (AvgIpc) is 3.22. The Morgan fingerprint density at radius 2 is 2.03 bits per heavy atom. The number of oxime groups is 1. The topological polar surface area (TPSA) is 96.2 Å². The minimum atomic E-state index is -0.637. The van der Waals surface area contributed by atoms with Gasteiger partial charge in [-0.1, -0.05) is 38.9 Å². The highest BCUT2D eigenvalue weighted by Gasteiger charge is 2.92. The smallest absolute Gasteiger partial charge is 0.316 e. The Kier molecular flexibility index (Phi) is 6.03. The number of aliphatic hydroxyl groups is 1. The van der Waals surface area contributed by atoms with E-state index in [2.05, 4.69) is 32.5 Å². The summed E-state index contributed by atoms with van der Waals surface area (Å²) in [5.41, 5.74) is -0.672. The molecule has 0 aromatic heterocycles. The van der Waals surface area contributed by atoms with Gasteiger partial charge >= 0.3 is 5.97 Å². The van der Waals surface area contributed by atoms with Crippen LogP contribution in [0, 0.1) is 39.4 Å². The van der Waals surface area contributed by atoms with Gasteiger partial charge in [0, 0.05) is 34.3 Å². The Hall–Kier alpha value is -1.34. The van der Waals surface area contributed by atoms with Crippen molar-refractivity contribution in [1.29, 1.82) is 0 Å². The first-order chi connectivity index (χ1) is 16.5. The highest BCUT2D eigenvalue weighted by atomic mass is 32.2. The second-order valence-corrected chi connectivity index (χ2v) is 13.9. The fourth-order valence-electron chi connectivity index (χ4n) is 9.43. The van der Waals surface area contributed by atoms with Crippen LogP contribution in [-0.4, -0.2) is 51.0 Å². The summed E-state index contributed by atoms with van der Waals surface area (Å²) < 4.78 is 6.34. The zero-order valence-corrected chi connectivity index (χ0v) is 22.4. The minimum absolute atomic E-state index is 0.00494. The molecule has 35 heavy (non-hydrogen) atoms. The number of carbonyl (C=O) groups is 2. The largest absolute Gasteiger partial charge is 0.461 e. The van der Waals surface area contributed by atoms with E-state index < -0.39 is 11.5 Å². The molecular weight excluding hydrogens is 462 g/mol. The van der Waals surface area contributed by atoms with E-state index >= 15 is 0 Å². The van der Waals surface area contributed by atoms with Gasteiger partial charge in [0.15, 0.2) is 0 Å². The minimum Gasteiger partial charge on any atom is -0.461 e. The second kappa shape index (κ2) is 8.34. The zero-order valence-electron chi connectivity index (χ0n) is 21.6. The average molecular weight is 504 g/mol. The number of ketones is 1. The lowest BCUT2D eigenvalue weighted by Gasteiger charge is -2.51. The van der Waals surface area contributed by atoms with Crippen LogP contribution in [-0.2, 0) is 14.3 Å². The Bertz CT molecular complexity index is 967. The number of hydrogen-bond acceptors (Lipinski definition) is 7. The SMILES string of the molecule is C=C[C@]1(C)C[C@@H](OC(=O)CSC2CCC/C(=N/O)C2)[C@]2(C)C(C)CC34C(=O)CCC3(C42)[C@@H](C)C1O. The number of nitrogens with zero attached hydrogens (tertiary/aromatic N) is 1. The summed E-state index contributed by atoms with van der Waals surface area (Å²) in [6.07, 6.45) is 7.11. The number of Topliss-reactive ketones (excluding diaryl/α,β-unsaturated/α-hetero) is 1. The second-order valence-electron chi connectivity index (χ2n) is 12.7. The maximum atomic E-state index is 13.4. The molecule has 10 atom stereocenters. The van der Waals surface area contributed by atoms with E-state index in [0.29, 0.717) is 25.0 Å². The van der Waals surface area contributed by atoms with E-state index in [-0.39, 0.29) is 57.1 Å². The summed E-state index contributed by atoms with van der Waals surface area (Å²) in [4.78, 5) is 26.6. The maximum Gasteiger partial charge on any atom is 0.316 e. The molecule has 0 heterocycles. The number of aliphatic hydroxyl groups excluding tert-OH is 1. The van der Waals surface area contributed by atoms with Crippen LogP contribution in [0.2, 0.25) is 0 Å². The Morgan fingerprint density at radius 1 is 1.29 bits per heavy atom. The Morgan fingerprint density at radius 3 is 2.71 bits per heavy atom. The van der Waals surface area contributed by atoms with Gasteiger partial charge in [-0.3, -0.25) is 9.59 Å². The quantitative estimate of drug-likeness (QED) is 0.237. The zero-order chi connectivity index (χ0) is 25.4. The van der Waals surface area contributed by atoms with Gasteiger partial charge in [0.05, 0.1) is 17.6 Å². The van der Waals surface area contributed by atoms with Crippen LogP contribution in [0.25, 0.3) is 0 Å². The van der Waals surface area contributed by atoms with Crippen molar-refractivity contribution in [3.05, 3.63) is 12.7 Å². The first-order valence-electron chi connectivity index (χ1n) is 13.4. The summed E-state index contributed by atoms with van der Waals surface area (Å²) >= 11 is 1.58. The van der Waals surface area contributed by atoms with Gasteiger partial charge in [0.2, 0.25) is 0 Å². The van der Waals surface area contributed by atoms with Crippen molar-refractivity contribution in [2.24, 2.45) is 44.6 Å². The van der Waals surface area contributed by atoms with Crippen molar-refractivity contribution in [2.75, 3.05) is 5.75 Å². The lowest BCUT2D eigenvalue weighted by atomic mass is 9.57. The van der Waals surface area contributed by atoms with Crippen LogP contribution in [0.4, 0.5) is 0 Å². The van der Waals surface area contributed by atoms with Gasteiger partial charge in [-0.25, -0.2) is 0 Å². The molecule has 2 N–H and O–H groups in total. The highest BCUT2D eigenvalue weighted by Crippen LogP contribution is 2.91. The van der Waals surface area contributed by atoms with E-state index in [1.807, 2.05) is 13.0 Å². The van der Waals surface area contributed by atoms with Gasteiger partial charge < -0.3 is 15.1 Å².